The molecule has 4 bridgehead atoms. The Morgan fingerprint density at radius 1 is 0.610 bits per heavy atom. The summed E-state index contributed by atoms with van der Waals surface area (Å²) in [7, 11) is -5.24. The van der Waals surface area contributed by atoms with Crippen molar-refractivity contribution in [3.8, 4) is 11.5 Å². The van der Waals surface area contributed by atoms with Gasteiger partial charge in [-0.15, -0.1) is 0 Å². The van der Waals surface area contributed by atoms with Crippen LogP contribution in [-0.2, 0) is 53.2 Å². The van der Waals surface area contributed by atoms with E-state index in [0.717, 1.165) is 85.6 Å². The molecule has 16 nitrogen and oxygen atoms in total. The van der Waals surface area contributed by atoms with Gasteiger partial charge < -0.3 is 39.0 Å². The molecule has 0 saturated heterocycles. The Bertz CT molecular complexity index is 3140. The molecule has 2 fully saturated rings. The summed E-state index contributed by atoms with van der Waals surface area (Å²) in [6, 6.07) is 22.6. The molecule has 2 amide bonds. The Morgan fingerprint density at radius 2 is 1.04 bits per heavy atom. The predicted molar refractivity (Wildman–Crippen MR) is 316 cm³/mol. The summed E-state index contributed by atoms with van der Waals surface area (Å²) in [6.07, 6.45) is 15.4. The molecule has 4 aromatic carbocycles. The molecule has 4 N–H and O–H groups in total. The highest BCUT2D eigenvalue weighted by molar-refractivity contribution is 7.91. The van der Waals surface area contributed by atoms with E-state index in [1.807, 2.05) is 12.1 Å². The van der Waals surface area contributed by atoms with Crippen LogP contribution in [0.2, 0.25) is 10.0 Å². The zero-order valence-corrected chi connectivity index (χ0v) is 49.6. The number of anilines is 2. The number of nitrogens with zero attached hydrogens (tertiary/aromatic N) is 2. The summed E-state index contributed by atoms with van der Waals surface area (Å²) < 4.78 is 80.6. The van der Waals surface area contributed by atoms with Gasteiger partial charge in [0.2, 0.25) is 20.0 Å². The van der Waals surface area contributed by atoms with Crippen molar-refractivity contribution in [1.82, 2.24) is 9.44 Å². The molecule has 12 rings (SSSR count). The number of halogens is 2. The van der Waals surface area contributed by atoms with Gasteiger partial charge in [-0.1, -0.05) is 59.6 Å². The van der Waals surface area contributed by atoms with E-state index in [2.05, 4.69) is 43.5 Å². The molecule has 4 aliphatic heterocycles. The highest BCUT2D eigenvalue weighted by Crippen LogP contribution is 2.49. The third-order valence-electron chi connectivity index (χ3n) is 18.9. The normalized spacial score (nSPS) is 31.7. The van der Waals surface area contributed by atoms with Crippen molar-refractivity contribution in [3.05, 3.63) is 141 Å². The summed E-state index contributed by atoms with van der Waals surface area (Å²) in [5, 5.41) is 21.7. The van der Waals surface area contributed by atoms with Gasteiger partial charge in [0, 0.05) is 72.4 Å². The number of hydrogen-bond donors (Lipinski definition) is 4. The SMILES string of the molecule is COC[C@@H]1C/C=C/[C@H](O)[C@@H]2CC[C@H]2CN2C[C@@]3(CCCc4cc(Cl)ccc43)COc3ccc(cc32)C(=O)NS1(=O)=O.COC[C@H]1C/C=C/[C@H](O)[C@@H]2CC[C@H]2CN2C[C@@]3(CCCc4cc(Cl)ccc43)COc3ccc(cc32)C(=O)NS1(=O)=O. The highest BCUT2D eigenvalue weighted by Gasteiger charge is 2.47. The summed E-state index contributed by atoms with van der Waals surface area (Å²) in [5.41, 5.74) is 6.49. The van der Waals surface area contributed by atoms with Gasteiger partial charge in [-0.05, 0) is 184 Å². The van der Waals surface area contributed by atoms with Crippen LogP contribution in [0, 0.1) is 23.7 Å². The second-order valence-electron chi connectivity index (χ2n) is 24.0. The summed E-state index contributed by atoms with van der Waals surface area (Å²) in [4.78, 5) is 31.2. The van der Waals surface area contributed by atoms with Gasteiger partial charge in [-0.2, -0.15) is 0 Å². The number of hydrogen-bond acceptors (Lipinski definition) is 14. The molecule has 4 heterocycles. The Morgan fingerprint density at radius 3 is 1.43 bits per heavy atom. The van der Waals surface area contributed by atoms with Crippen molar-refractivity contribution in [2.45, 2.75) is 111 Å². The van der Waals surface area contributed by atoms with Crippen molar-refractivity contribution >= 4 is 66.4 Å². The minimum absolute atomic E-state index is 0.0674. The van der Waals surface area contributed by atoms with Crippen molar-refractivity contribution in [2.75, 3.05) is 76.6 Å². The number of ether oxygens (including phenoxy) is 4. The van der Waals surface area contributed by atoms with Crippen molar-refractivity contribution in [3.63, 3.8) is 0 Å². The lowest BCUT2D eigenvalue weighted by Gasteiger charge is -2.45. The number of aliphatic hydroxyl groups excluding tert-OH is 2. The molecule has 440 valence electrons. The lowest BCUT2D eigenvalue weighted by molar-refractivity contribution is 0.0454. The molecule has 82 heavy (non-hydrogen) atoms. The standard InChI is InChI=1S/2C31H37ClN2O6S/c2*1-39-17-24-5-2-6-28(35)25-10-7-22(25)16-34-18-31(13-3-4-20-14-23(32)9-11-26(20)31)19-40-29-12-8-21(15-27(29)34)30(36)33-41(24,37)38/h2*2,6,8-9,11-12,14-15,22,24-25,28,35H,3-5,7,10,13,16-19H2,1H3,(H,33,36)/b2*6-2+/t22-,24+,25+,28-,31-;22-,24-,25+,28-,31-/m00/s1. The van der Waals surface area contributed by atoms with Crippen LogP contribution in [0.3, 0.4) is 0 Å². The Labute approximate surface area is 491 Å². The first-order valence-electron chi connectivity index (χ1n) is 28.8. The number of rotatable bonds is 4. The predicted octanol–water partition coefficient (Wildman–Crippen LogP) is 8.47. The number of aryl methyl sites for hydroxylation is 2. The molecular weight excluding hydrogens is 1130 g/mol. The van der Waals surface area contributed by atoms with Crippen LogP contribution >= 0.6 is 23.2 Å². The van der Waals surface area contributed by atoms with Gasteiger partial charge in [0.05, 0.1) is 50.0 Å². The number of aliphatic hydroxyl groups is 2. The maximum Gasteiger partial charge on any atom is 0.264 e. The van der Waals surface area contributed by atoms with Gasteiger partial charge in [0.1, 0.15) is 22.0 Å². The Balaban J connectivity index is 0.000000172. The van der Waals surface area contributed by atoms with E-state index in [4.69, 9.17) is 42.1 Å². The number of carbonyl (C=O) groups excluding carboxylic acids is 2. The molecule has 8 aliphatic rings. The van der Waals surface area contributed by atoms with E-state index in [0.29, 0.717) is 50.9 Å². The molecule has 4 aliphatic carbocycles. The van der Waals surface area contributed by atoms with Crippen LogP contribution in [-0.4, -0.2) is 128 Å². The van der Waals surface area contributed by atoms with E-state index in [9.17, 15) is 36.6 Å². The largest absolute Gasteiger partial charge is 0.490 e. The highest BCUT2D eigenvalue weighted by atomic mass is 35.5. The van der Waals surface area contributed by atoms with Crippen molar-refractivity contribution < 1.29 is 55.6 Å². The lowest BCUT2D eigenvalue weighted by Crippen LogP contribution is -2.49. The minimum Gasteiger partial charge on any atom is -0.490 e. The molecule has 10 atom stereocenters. The maximum absolute atomic E-state index is 13.3. The van der Waals surface area contributed by atoms with E-state index in [1.165, 1.54) is 36.5 Å². The van der Waals surface area contributed by atoms with Crippen LogP contribution in [0.5, 0.6) is 11.5 Å². The monoisotopic (exact) mass is 1200 g/mol. The number of sulfonamides is 2. The number of benzene rings is 4. The molecule has 0 unspecified atom stereocenters. The number of methoxy groups -OCH3 is 2. The van der Waals surface area contributed by atoms with Crippen molar-refractivity contribution in [1.29, 1.82) is 0 Å². The third-order valence-corrected chi connectivity index (χ3v) is 22.7. The molecule has 20 heteroatoms. The van der Waals surface area contributed by atoms with E-state index < -0.39 is 54.6 Å². The lowest BCUT2D eigenvalue weighted by atomic mass is 9.68. The number of carbonyl (C=O) groups is 2. The topological polar surface area (TPSA) is 210 Å². The number of fused-ring (bicyclic) bond motifs is 8. The zero-order valence-electron chi connectivity index (χ0n) is 46.4. The van der Waals surface area contributed by atoms with Crippen molar-refractivity contribution in [2.24, 2.45) is 23.7 Å². The smallest absolute Gasteiger partial charge is 0.264 e. The first-order chi connectivity index (χ1) is 39.4. The van der Waals surface area contributed by atoms with Crippen LogP contribution in [0.1, 0.15) is 107 Å². The average molecular weight is 1200 g/mol. The number of nitrogens with one attached hydrogen (secondary N) is 2. The Hall–Kier alpha value is -5.18. The maximum atomic E-state index is 13.3. The minimum atomic E-state index is -4.05. The fourth-order valence-corrected chi connectivity index (χ4v) is 17.0. The molecule has 2 saturated carbocycles. The molecular formula is C62H74Cl2N4O12S2. The first kappa shape index (κ1) is 58.6. The van der Waals surface area contributed by atoms with Gasteiger partial charge >= 0.3 is 0 Å². The third kappa shape index (κ3) is 11.9. The quantitative estimate of drug-likeness (QED) is 0.141. The van der Waals surface area contributed by atoms with Crippen LogP contribution in [0.15, 0.2) is 97.1 Å². The van der Waals surface area contributed by atoms with Crippen LogP contribution < -0.4 is 28.7 Å². The summed E-state index contributed by atoms with van der Waals surface area (Å²) in [5.74, 6) is 0.576. The van der Waals surface area contributed by atoms with E-state index in [-0.39, 0.29) is 71.7 Å². The second-order valence-corrected chi connectivity index (χ2v) is 28.8. The summed E-state index contributed by atoms with van der Waals surface area (Å²) in [6.45, 7) is 3.60. The molecule has 0 radical (unpaired) electrons. The zero-order chi connectivity index (χ0) is 57.6. The fourth-order valence-electron chi connectivity index (χ4n) is 14.1. The van der Waals surface area contributed by atoms with Crippen LogP contribution in [0.4, 0.5) is 11.4 Å². The summed E-state index contributed by atoms with van der Waals surface area (Å²) >= 11 is 12.7. The van der Waals surface area contributed by atoms with Gasteiger partial charge in [-0.25, -0.2) is 26.3 Å². The average Bonchev–Trinajstić information content (AvgIpc) is 3.38. The Kier molecular flexibility index (Phi) is 17.2. The number of amides is 2. The van der Waals surface area contributed by atoms with E-state index in [1.54, 1.807) is 60.7 Å². The number of allylic oxidation sites excluding steroid dienone is 2. The molecule has 0 aromatic heterocycles. The molecule has 4 aromatic rings. The van der Waals surface area contributed by atoms with Crippen LogP contribution in [0.25, 0.3) is 0 Å². The molecule has 2 spiro atoms. The fraction of sp³-hybridized carbons (Fsp3) is 0.516. The first-order valence-corrected chi connectivity index (χ1v) is 32.6. The van der Waals surface area contributed by atoms with Gasteiger partial charge in [0.25, 0.3) is 11.8 Å². The van der Waals surface area contributed by atoms with Gasteiger partial charge in [0.15, 0.2) is 0 Å². The van der Waals surface area contributed by atoms with Gasteiger partial charge in [-0.3, -0.25) is 9.59 Å². The van der Waals surface area contributed by atoms with E-state index >= 15 is 0 Å². The second kappa shape index (κ2) is 24.1.